The van der Waals surface area contributed by atoms with Crippen LogP contribution in [0.2, 0.25) is 0 Å². The van der Waals surface area contributed by atoms with Crippen LogP contribution in [0, 0.1) is 0 Å². The summed E-state index contributed by atoms with van der Waals surface area (Å²) in [5.74, 6) is 0. The molecule has 0 radical (unpaired) electrons. The second kappa shape index (κ2) is 47.1. The number of hydrogen-bond acceptors (Lipinski definition) is 0. The van der Waals surface area contributed by atoms with Gasteiger partial charge in [-0.1, -0.05) is 0 Å². The van der Waals surface area contributed by atoms with Crippen LogP contribution in [0.3, 0.4) is 0 Å². The third-order valence-corrected chi connectivity index (χ3v) is 0. The molecule has 0 heterocycles. The summed E-state index contributed by atoms with van der Waals surface area (Å²) in [6, 6.07) is 0. The van der Waals surface area contributed by atoms with Crippen molar-refractivity contribution in [1.29, 1.82) is 0 Å². The summed E-state index contributed by atoms with van der Waals surface area (Å²) in [5.41, 5.74) is 0. The minimum atomic E-state index is 0. The van der Waals surface area contributed by atoms with E-state index in [1.165, 1.54) is 0 Å². The zero-order chi connectivity index (χ0) is 0. The third-order valence-electron chi connectivity index (χ3n) is 0. The minimum absolute atomic E-state index is 0. The molecule has 0 aromatic rings. The van der Waals surface area contributed by atoms with Gasteiger partial charge in [0.05, 0.1) is 0 Å². The van der Waals surface area contributed by atoms with Crippen molar-refractivity contribution in [2.45, 2.75) is 0 Å². The zero-order valence-corrected chi connectivity index (χ0v) is 14.4. The van der Waals surface area contributed by atoms with Crippen LogP contribution >= 0.6 is 0 Å². The Morgan fingerprint density at radius 2 is 0.500 bits per heavy atom. The Morgan fingerprint density at radius 3 is 0.500 bits per heavy atom. The molecule has 0 saturated heterocycles. The maximum Gasteiger partial charge on any atom is 2.00 e. The largest absolute Gasteiger partial charge is 2.00 e. The average Bonchev–Trinajstić information content (AvgIpc) is 0. The van der Waals surface area contributed by atoms with Gasteiger partial charge in [-0.15, -0.1) is 0 Å². The van der Waals surface area contributed by atoms with E-state index in [-0.39, 0.29) is 96.8 Å². The molecule has 0 N–H and O–H groups in total. The van der Waals surface area contributed by atoms with E-state index in [4.69, 9.17) is 0 Å². The first kappa shape index (κ1) is 70.3. The van der Waals surface area contributed by atoms with Gasteiger partial charge in [0.15, 0.2) is 0 Å². The number of halogens is 4. The third kappa shape index (κ3) is 29.7. The van der Waals surface area contributed by atoms with Gasteiger partial charge in [-0.25, -0.2) is 0 Å². The molecule has 0 aliphatic rings. The van der Waals surface area contributed by atoms with Crippen molar-refractivity contribution in [3.8, 4) is 0 Å². The maximum absolute atomic E-state index is 0. The van der Waals surface area contributed by atoms with E-state index in [0.29, 0.717) is 0 Å². The molecule has 0 aliphatic carbocycles. The second-order valence-electron chi connectivity index (χ2n) is 0. The van der Waals surface area contributed by atoms with E-state index >= 15 is 0 Å². The summed E-state index contributed by atoms with van der Waals surface area (Å²) < 4.78 is 0. The van der Waals surface area contributed by atoms with Crippen LogP contribution in [0.4, 0.5) is 0 Å². The zero-order valence-electron chi connectivity index (χ0n) is 2.93. The number of hydrogen-bond donors (Lipinski definition) is 0. The van der Waals surface area contributed by atoms with Crippen molar-refractivity contribution >= 4 is 0 Å². The SMILES string of the molecule is [Cl-].[Cl-].[Cl-].[Cl-].[Hg+2].[Zn+2]. The van der Waals surface area contributed by atoms with E-state index in [1.54, 1.807) is 0 Å². The van der Waals surface area contributed by atoms with E-state index in [0.717, 1.165) is 0 Å². The molecular weight excluding hydrogens is 408 g/mol. The van der Waals surface area contributed by atoms with Crippen molar-refractivity contribution in [1.82, 2.24) is 0 Å². The van der Waals surface area contributed by atoms with Gasteiger partial charge in [0.1, 0.15) is 0 Å². The quantitative estimate of drug-likeness (QED) is 0.350. The predicted octanol–water partition coefficient (Wildman–Crippen LogP) is -12.0. The molecule has 0 atom stereocenters. The molecule has 0 spiro atoms. The molecule has 0 aliphatic heterocycles. The van der Waals surface area contributed by atoms with Gasteiger partial charge in [-0.2, -0.15) is 0 Å². The van der Waals surface area contributed by atoms with E-state index in [9.17, 15) is 0 Å². The Hall–Kier alpha value is 2.72. The van der Waals surface area contributed by atoms with E-state index < -0.39 is 0 Å². The average molecular weight is 408 g/mol. The summed E-state index contributed by atoms with van der Waals surface area (Å²) >= 11 is 0. The van der Waals surface area contributed by atoms with Gasteiger partial charge in [-0.3, -0.25) is 0 Å². The minimum Gasteiger partial charge on any atom is -1.00 e. The molecule has 0 fully saturated rings. The van der Waals surface area contributed by atoms with Gasteiger partial charge in [-0.05, 0) is 0 Å². The molecule has 0 saturated carbocycles. The molecule has 0 amide bonds. The first-order valence-corrected chi connectivity index (χ1v) is 0. The fourth-order valence-corrected chi connectivity index (χ4v) is 0. The molecule has 32 valence electrons. The van der Waals surface area contributed by atoms with Crippen LogP contribution in [0.25, 0.3) is 0 Å². The van der Waals surface area contributed by atoms with Gasteiger partial charge in [0.25, 0.3) is 0 Å². The first-order valence-electron chi connectivity index (χ1n) is 0. The summed E-state index contributed by atoms with van der Waals surface area (Å²) in [7, 11) is 0. The Bertz CT molecular complexity index is 7.51. The summed E-state index contributed by atoms with van der Waals surface area (Å²) in [5, 5.41) is 0. The smallest absolute Gasteiger partial charge is 1.00 e. The fourth-order valence-electron chi connectivity index (χ4n) is 0. The molecule has 0 aromatic carbocycles. The second-order valence-corrected chi connectivity index (χ2v) is 0. The Labute approximate surface area is 95.5 Å². The summed E-state index contributed by atoms with van der Waals surface area (Å²) in [6.45, 7) is 0. The Balaban J connectivity index is 0. The standard InChI is InChI=1S/4ClH.Hg.Zn/h4*1H;;/q;;;;2*+2/p-4. The van der Waals surface area contributed by atoms with Gasteiger partial charge >= 0.3 is 47.1 Å². The van der Waals surface area contributed by atoms with E-state index in [1.807, 2.05) is 0 Å². The maximum atomic E-state index is 0. The van der Waals surface area contributed by atoms with Crippen LogP contribution in [-0.4, -0.2) is 0 Å². The van der Waals surface area contributed by atoms with Crippen LogP contribution in [0.5, 0.6) is 0 Å². The fraction of sp³-hybridized carbons (Fsp3) is 0. The van der Waals surface area contributed by atoms with Crippen molar-refractivity contribution in [2.24, 2.45) is 0 Å². The normalized spacial score (nSPS) is 0. The van der Waals surface area contributed by atoms with Crippen LogP contribution in [0.15, 0.2) is 0 Å². The van der Waals surface area contributed by atoms with Crippen molar-refractivity contribution in [2.75, 3.05) is 0 Å². The molecule has 0 rings (SSSR count). The molecule has 6 heteroatoms. The van der Waals surface area contributed by atoms with Crippen LogP contribution < -0.4 is 49.6 Å². The molecule has 6 heavy (non-hydrogen) atoms. The molecule has 0 aromatic heterocycles. The molecule has 0 unspecified atom stereocenters. The molecule has 0 nitrogen and oxygen atoms in total. The van der Waals surface area contributed by atoms with Crippen molar-refractivity contribution in [3.63, 3.8) is 0 Å². The first-order chi connectivity index (χ1) is 0. The Kier molecular flexibility index (Phi) is 552. The predicted molar refractivity (Wildman–Crippen MR) is 0 cm³/mol. The summed E-state index contributed by atoms with van der Waals surface area (Å²) in [6.07, 6.45) is 0. The van der Waals surface area contributed by atoms with Gasteiger partial charge in [0, 0.05) is 0 Å². The monoisotopic (exact) mass is 406 g/mol. The van der Waals surface area contributed by atoms with E-state index in [2.05, 4.69) is 0 Å². The van der Waals surface area contributed by atoms with Crippen molar-refractivity contribution in [3.05, 3.63) is 0 Å². The Morgan fingerprint density at radius 1 is 0.500 bits per heavy atom. The van der Waals surface area contributed by atoms with Gasteiger partial charge in [0.2, 0.25) is 0 Å². The van der Waals surface area contributed by atoms with Crippen LogP contribution in [0.1, 0.15) is 0 Å². The summed E-state index contributed by atoms with van der Waals surface area (Å²) in [4.78, 5) is 0. The topological polar surface area (TPSA) is 0 Å². The van der Waals surface area contributed by atoms with Crippen molar-refractivity contribution < 1.29 is 96.8 Å². The molecule has 0 bridgehead atoms. The van der Waals surface area contributed by atoms with Crippen LogP contribution in [-0.2, 0) is 47.1 Å². The molecular formula is Cl4HgZn. The van der Waals surface area contributed by atoms with Gasteiger partial charge < -0.3 is 49.6 Å². The number of rotatable bonds is 0.